The second kappa shape index (κ2) is 5.81. The molecule has 1 fully saturated rings. The van der Waals surface area contributed by atoms with Crippen molar-refractivity contribution >= 4 is 11.9 Å². The van der Waals surface area contributed by atoms with Crippen LogP contribution in [0.25, 0.3) is 0 Å². The number of anilines is 1. The van der Waals surface area contributed by atoms with Gasteiger partial charge in [0.25, 0.3) is 5.95 Å². The van der Waals surface area contributed by atoms with E-state index < -0.39 is 0 Å². The van der Waals surface area contributed by atoms with E-state index in [1.54, 1.807) is 0 Å². The van der Waals surface area contributed by atoms with Gasteiger partial charge >= 0.3 is 0 Å². The van der Waals surface area contributed by atoms with Crippen molar-refractivity contribution in [1.82, 2.24) is 15.5 Å². The van der Waals surface area contributed by atoms with Gasteiger partial charge in [-0.2, -0.15) is 4.98 Å². The van der Waals surface area contributed by atoms with Crippen LogP contribution in [0.1, 0.15) is 31.6 Å². The third kappa shape index (κ3) is 3.43. The molecule has 7 nitrogen and oxygen atoms in total. The highest BCUT2D eigenvalue weighted by Gasteiger charge is 2.25. The van der Waals surface area contributed by atoms with Crippen LogP contribution in [0, 0.1) is 5.92 Å². The first kappa shape index (κ1) is 12.8. The van der Waals surface area contributed by atoms with Gasteiger partial charge in [0.1, 0.15) is 0 Å². The monoisotopic (exact) mass is 253 g/mol. The van der Waals surface area contributed by atoms with Crippen LogP contribution in [0.15, 0.2) is 4.52 Å². The lowest BCUT2D eigenvalue weighted by Gasteiger charge is -2.14. The fourth-order valence-electron chi connectivity index (χ4n) is 2.31. The number of carbonyl (C=O) groups is 1. The Morgan fingerprint density at radius 3 is 2.94 bits per heavy atom. The molecule has 2 rings (SSSR count). The Hall–Kier alpha value is -1.63. The lowest BCUT2D eigenvalue weighted by Crippen LogP contribution is -2.32. The average molecular weight is 253 g/mol. The number of nitrogens with two attached hydrogens (primary N) is 2. The molecule has 7 heteroatoms. The Morgan fingerprint density at radius 1 is 1.50 bits per heavy atom. The normalized spacial score (nSPS) is 23.2. The predicted octanol–water partition coefficient (Wildman–Crippen LogP) is -0.172. The van der Waals surface area contributed by atoms with E-state index in [1.165, 1.54) is 0 Å². The Bertz CT molecular complexity index is 406. The maximum atomic E-state index is 11.7. The lowest BCUT2D eigenvalue weighted by atomic mass is 10.00. The van der Waals surface area contributed by atoms with Crippen LogP contribution in [-0.4, -0.2) is 28.6 Å². The first-order chi connectivity index (χ1) is 8.65. The zero-order valence-corrected chi connectivity index (χ0v) is 10.3. The molecule has 0 spiro atoms. The Balaban J connectivity index is 1.65. The first-order valence-corrected chi connectivity index (χ1v) is 6.25. The van der Waals surface area contributed by atoms with E-state index in [-0.39, 0.29) is 17.9 Å². The van der Waals surface area contributed by atoms with Crippen LogP contribution in [-0.2, 0) is 11.2 Å². The number of nitrogens with one attached hydrogen (secondary N) is 1. The molecular formula is C11H19N5O2. The number of carbonyl (C=O) groups excluding carboxylic acids is 1. The van der Waals surface area contributed by atoms with Gasteiger partial charge in [-0.25, -0.2) is 0 Å². The number of rotatable bonds is 5. The van der Waals surface area contributed by atoms with Crippen LogP contribution in [0.2, 0.25) is 0 Å². The Kier molecular flexibility index (Phi) is 4.14. The minimum Gasteiger partial charge on any atom is -0.365 e. The molecule has 5 N–H and O–H groups in total. The van der Waals surface area contributed by atoms with Crippen molar-refractivity contribution in [2.24, 2.45) is 11.7 Å². The molecule has 100 valence electrons. The molecule has 2 atom stereocenters. The predicted molar refractivity (Wildman–Crippen MR) is 65.4 cm³/mol. The summed E-state index contributed by atoms with van der Waals surface area (Å²) in [6.07, 6.45) is 4.20. The van der Waals surface area contributed by atoms with Crippen LogP contribution in [0.5, 0.6) is 0 Å². The summed E-state index contributed by atoms with van der Waals surface area (Å²) in [4.78, 5) is 15.5. The molecule has 1 heterocycles. The standard InChI is InChI=1S/C11H19N5O2/c12-8-3-1-2-7(8)6-9(17)14-5-4-10-15-11(13)16-18-10/h7-8H,1-6,12H2,(H2,13,16)(H,14,17)/t7-,8+/m0/s1. The summed E-state index contributed by atoms with van der Waals surface area (Å²) in [5.74, 6) is 0.910. The summed E-state index contributed by atoms with van der Waals surface area (Å²) in [5.41, 5.74) is 11.2. The van der Waals surface area contributed by atoms with Gasteiger partial charge in [-0.1, -0.05) is 6.42 Å². The van der Waals surface area contributed by atoms with Crippen molar-refractivity contribution in [3.63, 3.8) is 0 Å². The van der Waals surface area contributed by atoms with Crippen LogP contribution in [0.3, 0.4) is 0 Å². The SMILES string of the molecule is Nc1noc(CCNC(=O)C[C@@H]2CCC[C@H]2N)n1. The van der Waals surface area contributed by atoms with Crippen molar-refractivity contribution in [2.75, 3.05) is 12.3 Å². The summed E-state index contributed by atoms with van der Waals surface area (Å²) >= 11 is 0. The van der Waals surface area contributed by atoms with Crippen molar-refractivity contribution in [3.8, 4) is 0 Å². The van der Waals surface area contributed by atoms with Gasteiger partial charge in [-0.15, -0.1) is 0 Å². The average Bonchev–Trinajstić information content (AvgIpc) is 2.89. The molecule has 1 aromatic rings. The van der Waals surface area contributed by atoms with Gasteiger partial charge in [-0.05, 0) is 23.9 Å². The van der Waals surface area contributed by atoms with Crippen LogP contribution >= 0.6 is 0 Å². The number of amides is 1. The van der Waals surface area contributed by atoms with E-state index >= 15 is 0 Å². The summed E-state index contributed by atoms with van der Waals surface area (Å²) in [6, 6.07) is 0.173. The van der Waals surface area contributed by atoms with Gasteiger partial charge in [0.15, 0.2) is 0 Å². The zero-order valence-electron chi connectivity index (χ0n) is 10.3. The highest BCUT2D eigenvalue weighted by molar-refractivity contribution is 5.76. The van der Waals surface area contributed by atoms with Crippen molar-refractivity contribution in [2.45, 2.75) is 38.1 Å². The van der Waals surface area contributed by atoms with E-state index in [2.05, 4.69) is 15.5 Å². The fraction of sp³-hybridized carbons (Fsp3) is 0.727. The summed E-state index contributed by atoms with van der Waals surface area (Å²) in [6.45, 7) is 0.475. The quantitative estimate of drug-likeness (QED) is 0.670. The highest BCUT2D eigenvalue weighted by atomic mass is 16.5. The minimum absolute atomic E-state index is 0.0323. The third-order valence-electron chi connectivity index (χ3n) is 3.31. The van der Waals surface area contributed by atoms with E-state index in [1.807, 2.05) is 0 Å². The second-order valence-corrected chi connectivity index (χ2v) is 4.71. The summed E-state index contributed by atoms with van der Waals surface area (Å²) in [7, 11) is 0. The molecule has 1 aromatic heterocycles. The maximum absolute atomic E-state index is 11.7. The van der Waals surface area contributed by atoms with E-state index in [0.717, 1.165) is 19.3 Å². The van der Waals surface area contributed by atoms with Gasteiger partial charge in [0.05, 0.1) is 0 Å². The molecule has 0 radical (unpaired) electrons. The van der Waals surface area contributed by atoms with Crippen LogP contribution in [0.4, 0.5) is 5.95 Å². The zero-order chi connectivity index (χ0) is 13.0. The van der Waals surface area contributed by atoms with Gasteiger partial charge < -0.3 is 21.3 Å². The molecule has 0 bridgehead atoms. The van der Waals surface area contributed by atoms with E-state index in [4.69, 9.17) is 16.0 Å². The van der Waals surface area contributed by atoms with Crippen molar-refractivity contribution in [1.29, 1.82) is 0 Å². The Morgan fingerprint density at radius 2 is 2.33 bits per heavy atom. The molecule has 0 unspecified atom stereocenters. The lowest BCUT2D eigenvalue weighted by molar-refractivity contribution is -0.122. The number of aromatic nitrogens is 2. The topological polar surface area (TPSA) is 120 Å². The molecular weight excluding hydrogens is 234 g/mol. The fourth-order valence-corrected chi connectivity index (χ4v) is 2.31. The Labute approximate surface area is 105 Å². The van der Waals surface area contributed by atoms with Crippen molar-refractivity contribution < 1.29 is 9.32 Å². The van der Waals surface area contributed by atoms with Crippen LogP contribution < -0.4 is 16.8 Å². The largest absolute Gasteiger partial charge is 0.365 e. The molecule has 0 saturated heterocycles. The molecule has 1 amide bonds. The molecule has 18 heavy (non-hydrogen) atoms. The van der Waals surface area contributed by atoms with E-state index in [9.17, 15) is 4.79 Å². The van der Waals surface area contributed by atoms with Gasteiger partial charge in [-0.3, -0.25) is 4.79 Å². The van der Waals surface area contributed by atoms with Gasteiger partial charge in [0, 0.05) is 25.4 Å². The summed E-state index contributed by atoms with van der Waals surface area (Å²) in [5, 5.41) is 6.29. The number of nitrogen functional groups attached to an aromatic ring is 1. The molecule has 0 aliphatic heterocycles. The smallest absolute Gasteiger partial charge is 0.260 e. The number of nitrogens with zero attached hydrogens (tertiary/aromatic N) is 2. The molecule has 1 saturated carbocycles. The molecule has 1 aliphatic carbocycles. The maximum Gasteiger partial charge on any atom is 0.260 e. The number of hydrogen-bond acceptors (Lipinski definition) is 6. The summed E-state index contributed by atoms with van der Waals surface area (Å²) < 4.78 is 4.84. The molecule has 1 aliphatic rings. The second-order valence-electron chi connectivity index (χ2n) is 4.71. The third-order valence-corrected chi connectivity index (χ3v) is 3.31. The molecule has 0 aromatic carbocycles. The van der Waals surface area contributed by atoms with E-state index in [0.29, 0.717) is 31.2 Å². The number of hydrogen-bond donors (Lipinski definition) is 3. The minimum atomic E-state index is 0.0323. The van der Waals surface area contributed by atoms with Gasteiger partial charge in [0.2, 0.25) is 11.8 Å². The van der Waals surface area contributed by atoms with Crippen molar-refractivity contribution in [3.05, 3.63) is 5.89 Å². The highest BCUT2D eigenvalue weighted by Crippen LogP contribution is 2.26. The first-order valence-electron chi connectivity index (χ1n) is 6.25.